The first kappa shape index (κ1) is 12.0. The average molecular weight is 221 g/mol. The van der Waals surface area contributed by atoms with Gasteiger partial charge in [0, 0.05) is 11.9 Å². The van der Waals surface area contributed by atoms with Gasteiger partial charge >= 0.3 is 0 Å². The van der Waals surface area contributed by atoms with Crippen molar-refractivity contribution >= 4 is 11.8 Å². The van der Waals surface area contributed by atoms with Crippen molar-refractivity contribution in [1.82, 2.24) is 10.3 Å². The molecule has 0 aromatic carbocycles. The molecule has 0 radical (unpaired) electrons. The van der Waals surface area contributed by atoms with Gasteiger partial charge in [0.05, 0.1) is 11.1 Å². The predicted octanol–water partition coefficient (Wildman–Crippen LogP) is 2.07. The third-order valence-corrected chi connectivity index (χ3v) is 3.23. The second kappa shape index (κ2) is 5.74. The van der Waals surface area contributed by atoms with Crippen LogP contribution in [0.5, 0.6) is 0 Å². The molecule has 1 aromatic heterocycles. The van der Waals surface area contributed by atoms with Gasteiger partial charge in [0.15, 0.2) is 0 Å². The first-order chi connectivity index (χ1) is 7.20. The molecule has 80 valence electrons. The van der Waals surface area contributed by atoms with Crippen molar-refractivity contribution < 1.29 is 0 Å². The zero-order chi connectivity index (χ0) is 11.1. The first-order valence-corrected chi connectivity index (χ1v) is 5.83. The number of hydrogen-bond acceptors (Lipinski definition) is 4. The smallest absolute Gasteiger partial charge is 0.104 e. The van der Waals surface area contributed by atoms with Gasteiger partial charge in [-0.25, -0.2) is 4.98 Å². The van der Waals surface area contributed by atoms with Crippen molar-refractivity contribution in [3.05, 3.63) is 24.4 Å². The molecule has 0 aliphatic rings. The Labute approximate surface area is 94.9 Å². The summed E-state index contributed by atoms with van der Waals surface area (Å²) in [5.41, 5.74) is -0.429. The van der Waals surface area contributed by atoms with Crippen molar-refractivity contribution in [2.24, 2.45) is 0 Å². The number of nitrogens with one attached hydrogen (secondary N) is 1. The Kier molecular flexibility index (Phi) is 4.60. The fourth-order valence-electron chi connectivity index (χ4n) is 1.03. The molecule has 0 amide bonds. The molecule has 0 aliphatic heterocycles. The van der Waals surface area contributed by atoms with E-state index in [0.29, 0.717) is 0 Å². The summed E-state index contributed by atoms with van der Waals surface area (Å²) in [4.78, 5) is 4.21. The van der Waals surface area contributed by atoms with Gasteiger partial charge in [-0.15, -0.1) is 11.8 Å². The zero-order valence-electron chi connectivity index (χ0n) is 9.03. The second-order valence-electron chi connectivity index (χ2n) is 3.46. The number of pyridine rings is 1. The molecule has 0 saturated carbocycles. The molecule has 15 heavy (non-hydrogen) atoms. The van der Waals surface area contributed by atoms with Crippen LogP contribution in [0.4, 0.5) is 0 Å². The Bertz CT molecular complexity index is 333. The van der Waals surface area contributed by atoms with Crippen LogP contribution in [0.3, 0.4) is 0 Å². The highest BCUT2D eigenvalue weighted by atomic mass is 32.2. The van der Waals surface area contributed by atoms with Crippen molar-refractivity contribution in [3.8, 4) is 6.07 Å². The molecule has 1 unspecified atom stereocenters. The third kappa shape index (κ3) is 3.90. The maximum Gasteiger partial charge on any atom is 0.104 e. The molecule has 1 heterocycles. The van der Waals surface area contributed by atoms with Crippen LogP contribution >= 0.6 is 11.8 Å². The molecule has 1 rings (SSSR count). The van der Waals surface area contributed by atoms with E-state index in [1.165, 1.54) is 0 Å². The van der Waals surface area contributed by atoms with E-state index in [0.717, 1.165) is 17.2 Å². The highest BCUT2D eigenvalue weighted by Crippen LogP contribution is 2.19. The Morgan fingerprint density at radius 3 is 2.93 bits per heavy atom. The van der Waals surface area contributed by atoms with E-state index in [-0.39, 0.29) is 0 Å². The Hall–Kier alpha value is -1.05. The van der Waals surface area contributed by atoms with Crippen LogP contribution in [-0.2, 0) is 0 Å². The summed E-state index contributed by atoms with van der Waals surface area (Å²) in [5.74, 6) is 0.891. The van der Waals surface area contributed by atoms with E-state index < -0.39 is 5.54 Å². The lowest BCUT2D eigenvalue weighted by molar-refractivity contribution is 0.479. The standard InChI is InChI=1S/C11H15N3S/c1-11(9-12,13-2)6-8-15-10-5-3-4-7-14-10/h3-5,7,13H,6,8H2,1-2H3. The lowest BCUT2D eigenvalue weighted by atomic mass is 10.0. The largest absolute Gasteiger partial charge is 0.303 e. The fraction of sp³-hybridized carbons (Fsp3) is 0.455. The summed E-state index contributed by atoms with van der Waals surface area (Å²) in [6, 6.07) is 8.12. The van der Waals surface area contributed by atoms with Crippen LogP contribution in [0.25, 0.3) is 0 Å². The Morgan fingerprint density at radius 2 is 2.40 bits per heavy atom. The monoisotopic (exact) mass is 221 g/mol. The van der Waals surface area contributed by atoms with Gasteiger partial charge in [-0.2, -0.15) is 5.26 Å². The molecule has 1 aromatic rings. The molecule has 0 fully saturated rings. The summed E-state index contributed by atoms with van der Waals surface area (Å²) in [6.07, 6.45) is 2.59. The SMILES string of the molecule is CNC(C)(C#N)CCSc1ccccn1. The summed E-state index contributed by atoms with van der Waals surface area (Å²) >= 11 is 1.68. The van der Waals surface area contributed by atoms with Crippen LogP contribution in [-0.4, -0.2) is 23.3 Å². The van der Waals surface area contributed by atoms with E-state index in [2.05, 4.69) is 16.4 Å². The third-order valence-electron chi connectivity index (χ3n) is 2.29. The van der Waals surface area contributed by atoms with Gasteiger partial charge in [0.1, 0.15) is 5.54 Å². The fourth-order valence-corrected chi connectivity index (χ4v) is 2.06. The van der Waals surface area contributed by atoms with Gasteiger partial charge in [0.25, 0.3) is 0 Å². The molecule has 3 nitrogen and oxygen atoms in total. The lowest BCUT2D eigenvalue weighted by Crippen LogP contribution is -2.38. The maximum atomic E-state index is 8.95. The average Bonchev–Trinajstić information content (AvgIpc) is 2.30. The first-order valence-electron chi connectivity index (χ1n) is 4.84. The van der Waals surface area contributed by atoms with Gasteiger partial charge in [-0.1, -0.05) is 6.07 Å². The molecule has 4 heteroatoms. The van der Waals surface area contributed by atoms with E-state index >= 15 is 0 Å². The number of nitrogens with zero attached hydrogens (tertiary/aromatic N) is 2. The normalized spacial score (nSPS) is 14.2. The summed E-state index contributed by atoms with van der Waals surface area (Å²) in [6.45, 7) is 1.91. The maximum absolute atomic E-state index is 8.95. The van der Waals surface area contributed by atoms with E-state index in [9.17, 15) is 0 Å². The Morgan fingerprint density at radius 1 is 1.60 bits per heavy atom. The topological polar surface area (TPSA) is 48.7 Å². The minimum absolute atomic E-state index is 0.429. The molecule has 0 aliphatic carbocycles. The molecule has 1 atom stereocenters. The summed E-state index contributed by atoms with van der Waals surface area (Å²) in [7, 11) is 1.81. The number of rotatable bonds is 5. The van der Waals surface area contributed by atoms with Crippen LogP contribution < -0.4 is 5.32 Å². The number of aromatic nitrogens is 1. The highest BCUT2D eigenvalue weighted by Gasteiger charge is 2.20. The minimum Gasteiger partial charge on any atom is -0.303 e. The van der Waals surface area contributed by atoms with E-state index in [1.807, 2.05) is 32.2 Å². The van der Waals surface area contributed by atoms with Crippen LogP contribution in [0.1, 0.15) is 13.3 Å². The molecule has 0 spiro atoms. The minimum atomic E-state index is -0.429. The summed E-state index contributed by atoms with van der Waals surface area (Å²) in [5, 5.41) is 13.0. The predicted molar refractivity (Wildman–Crippen MR) is 62.7 cm³/mol. The van der Waals surface area contributed by atoms with E-state index in [1.54, 1.807) is 18.0 Å². The lowest BCUT2D eigenvalue weighted by Gasteiger charge is -2.19. The molecular weight excluding hydrogens is 206 g/mol. The molecular formula is C11H15N3S. The molecule has 0 saturated heterocycles. The molecule has 1 N–H and O–H groups in total. The second-order valence-corrected chi connectivity index (χ2v) is 4.58. The van der Waals surface area contributed by atoms with Crippen LogP contribution in [0, 0.1) is 11.3 Å². The summed E-state index contributed by atoms with van der Waals surface area (Å²) < 4.78 is 0. The van der Waals surface area contributed by atoms with Crippen molar-refractivity contribution in [2.45, 2.75) is 23.9 Å². The van der Waals surface area contributed by atoms with Crippen molar-refractivity contribution in [2.75, 3.05) is 12.8 Å². The van der Waals surface area contributed by atoms with Gasteiger partial charge in [-0.05, 0) is 32.5 Å². The number of hydrogen-bond donors (Lipinski definition) is 1. The van der Waals surface area contributed by atoms with Gasteiger partial charge in [-0.3, -0.25) is 0 Å². The van der Waals surface area contributed by atoms with Crippen molar-refractivity contribution in [1.29, 1.82) is 5.26 Å². The van der Waals surface area contributed by atoms with Crippen molar-refractivity contribution in [3.63, 3.8) is 0 Å². The Balaban J connectivity index is 2.37. The van der Waals surface area contributed by atoms with Gasteiger partial charge < -0.3 is 5.32 Å². The number of nitriles is 1. The molecule has 0 bridgehead atoms. The highest BCUT2D eigenvalue weighted by molar-refractivity contribution is 7.99. The quantitative estimate of drug-likeness (QED) is 0.773. The van der Waals surface area contributed by atoms with Crippen LogP contribution in [0.2, 0.25) is 0 Å². The number of thioether (sulfide) groups is 1. The van der Waals surface area contributed by atoms with E-state index in [4.69, 9.17) is 5.26 Å². The van der Waals surface area contributed by atoms with Crippen LogP contribution in [0.15, 0.2) is 29.4 Å². The zero-order valence-corrected chi connectivity index (χ0v) is 9.84. The van der Waals surface area contributed by atoms with Gasteiger partial charge in [0.2, 0.25) is 0 Å².